The Kier molecular flexibility index (Phi) is 6.46. The van der Waals surface area contributed by atoms with Gasteiger partial charge in [-0.05, 0) is 49.9 Å². The maximum Gasteiger partial charge on any atom is 0.257 e. The maximum atomic E-state index is 13.1. The molecule has 3 rings (SSSR count). The minimum Gasteiger partial charge on any atom is -0.322 e. The van der Waals surface area contributed by atoms with Crippen LogP contribution in [-0.4, -0.2) is 56.8 Å². The third-order valence-electron chi connectivity index (χ3n) is 4.70. The van der Waals surface area contributed by atoms with Crippen LogP contribution in [0.25, 0.3) is 0 Å². The number of rotatable bonds is 4. The summed E-state index contributed by atoms with van der Waals surface area (Å²) in [7, 11) is -1.66. The van der Waals surface area contributed by atoms with Gasteiger partial charge in [0.25, 0.3) is 5.91 Å². The predicted octanol–water partition coefficient (Wildman–Crippen LogP) is 3.60. The number of hydrogen-bond donors (Lipinski definition) is 1. The van der Waals surface area contributed by atoms with E-state index < -0.39 is 15.9 Å². The summed E-state index contributed by atoms with van der Waals surface area (Å²) >= 11 is 9.43. The molecule has 6 nitrogen and oxygen atoms in total. The van der Waals surface area contributed by atoms with E-state index in [0.717, 1.165) is 4.47 Å². The van der Waals surface area contributed by atoms with Crippen molar-refractivity contribution in [3.8, 4) is 0 Å². The van der Waals surface area contributed by atoms with Gasteiger partial charge in [-0.1, -0.05) is 33.6 Å². The molecule has 0 aromatic heterocycles. The zero-order valence-corrected chi connectivity index (χ0v) is 18.7. The SMILES string of the molecule is Cc1ccc(NC(=O)c2cc(Br)ccc2Cl)cc1S(=O)(=O)N1CCN(C)CC1. The lowest BCUT2D eigenvalue weighted by Crippen LogP contribution is -2.47. The van der Waals surface area contributed by atoms with Gasteiger partial charge in [0.05, 0.1) is 15.5 Å². The molecular formula is C19H21BrClN3O3S. The Hall–Kier alpha value is -1.45. The van der Waals surface area contributed by atoms with Crippen molar-refractivity contribution < 1.29 is 13.2 Å². The summed E-state index contributed by atoms with van der Waals surface area (Å²) in [6.07, 6.45) is 0. The van der Waals surface area contributed by atoms with Crippen molar-refractivity contribution in [3.05, 3.63) is 57.0 Å². The molecule has 28 heavy (non-hydrogen) atoms. The fourth-order valence-corrected chi connectivity index (χ4v) is 5.23. The van der Waals surface area contributed by atoms with E-state index in [0.29, 0.717) is 48.0 Å². The third-order valence-corrected chi connectivity index (χ3v) is 7.56. The molecule has 0 bridgehead atoms. The van der Waals surface area contributed by atoms with Gasteiger partial charge in [-0.3, -0.25) is 4.79 Å². The summed E-state index contributed by atoms with van der Waals surface area (Å²) in [6.45, 7) is 4.02. The number of likely N-dealkylation sites (N-methyl/N-ethyl adjacent to an activating group) is 1. The van der Waals surface area contributed by atoms with Crippen LogP contribution in [0.2, 0.25) is 5.02 Å². The lowest BCUT2D eigenvalue weighted by atomic mass is 10.2. The average molecular weight is 487 g/mol. The molecular weight excluding hydrogens is 466 g/mol. The Balaban J connectivity index is 1.87. The van der Waals surface area contributed by atoms with E-state index in [9.17, 15) is 13.2 Å². The number of benzene rings is 2. The van der Waals surface area contributed by atoms with Crippen LogP contribution in [-0.2, 0) is 10.0 Å². The van der Waals surface area contributed by atoms with Crippen molar-refractivity contribution in [2.75, 3.05) is 38.5 Å². The van der Waals surface area contributed by atoms with Gasteiger partial charge in [0, 0.05) is 36.3 Å². The largest absolute Gasteiger partial charge is 0.322 e. The van der Waals surface area contributed by atoms with Gasteiger partial charge >= 0.3 is 0 Å². The smallest absolute Gasteiger partial charge is 0.257 e. The summed E-state index contributed by atoms with van der Waals surface area (Å²) in [6, 6.07) is 9.87. The Morgan fingerprint density at radius 3 is 2.46 bits per heavy atom. The van der Waals surface area contributed by atoms with Crippen molar-refractivity contribution in [1.29, 1.82) is 0 Å². The number of piperazine rings is 1. The van der Waals surface area contributed by atoms with E-state index in [1.165, 1.54) is 10.4 Å². The van der Waals surface area contributed by atoms with Crippen molar-refractivity contribution in [2.45, 2.75) is 11.8 Å². The molecule has 150 valence electrons. The van der Waals surface area contributed by atoms with Gasteiger partial charge in [-0.2, -0.15) is 4.31 Å². The lowest BCUT2D eigenvalue weighted by molar-refractivity contribution is 0.102. The first-order chi connectivity index (χ1) is 13.2. The summed E-state index contributed by atoms with van der Waals surface area (Å²) in [5.41, 5.74) is 1.34. The second kappa shape index (κ2) is 8.51. The summed E-state index contributed by atoms with van der Waals surface area (Å²) < 4.78 is 28.4. The first kappa shape index (κ1) is 21.3. The minimum atomic E-state index is -3.63. The molecule has 0 spiro atoms. The van der Waals surface area contributed by atoms with Crippen molar-refractivity contribution in [2.24, 2.45) is 0 Å². The lowest BCUT2D eigenvalue weighted by Gasteiger charge is -2.32. The molecule has 9 heteroatoms. The Bertz CT molecular complexity index is 1010. The highest BCUT2D eigenvalue weighted by Gasteiger charge is 2.29. The highest BCUT2D eigenvalue weighted by atomic mass is 79.9. The number of carbonyl (C=O) groups is 1. The highest BCUT2D eigenvalue weighted by Crippen LogP contribution is 2.26. The number of aryl methyl sites for hydroxylation is 1. The van der Waals surface area contributed by atoms with Gasteiger partial charge in [0.15, 0.2) is 0 Å². The molecule has 2 aromatic rings. The summed E-state index contributed by atoms with van der Waals surface area (Å²) in [4.78, 5) is 14.9. The zero-order chi connectivity index (χ0) is 20.5. The topological polar surface area (TPSA) is 69.7 Å². The van der Waals surface area contributed by atoms with Crippen LogP contribution in [0.1, 0.15) is 15.9 Å². The fraction of sp³-hybridized carbons (Fsp3) is 0.316. The van der Waals surface area contributed by atoms with Gasteiger partial charge in [0.1, 0.15) is 0 Å². The monoisotopic (exact) mass is 485 g/mol. The molecule has 0 unspecified atom stereocenters. The second-order valence-corrected chi connectivity index (χ2v) is 10.00. The van der Waals surface area contributed by atoms with Crippen LogP contribution in [0.3, 0.4) is 0 Å². The predicted molar refractivity (Wildman–Crippen MR) is 115 cm³/mol. The Morgan fingerprint density at radius 1 is 1.11 bits per heavy atom. The molecule has 1 fully saturated rings. The number of amides is 1. The van der Waals surface area contributed by atoms with Crippen molar-refractivity contribution in [1.82, 2.24) is 9.21 Å². The number of hydrogen-bond acceptors (Lipinski definition) is 4. The number of anilines is 1. The zero-order valence-electron chi connectivity index (χ0n) is 15.6. The van der Waals surface area contributed by atoms with Gasteiger partial charge in [-0.15, -0.1) is 0 Å². The normalized spacial score (nSPS) is 16.1. The number of carbonyl (C=O) groups excluding carboxylic acids is 1. The van der Waals surface area contributed by atoms with Crippen molar-refractivity contribution in [3.63, 3.8) is 0 Å². The molecule has 1 heterocycles. The molecule has 0 saturated carbocycles. The van der Waals surface area contributed by atoms with E-state index in [-0.39, 0.29) is 4.90 Å². The molecule has 0 atom stereocenters. The van der Waals surface area contributed by atoms with Crippen LogP contribution in [0, 0.1) is 6.92 Å². The Morgan fingerprint density at radius 2 is 1.79 bits per heavy atom. The number of nitrogens with one attached hydrogen (secondary N) is 1. The molecule has 1 saturated heterocycles. The number of sulfonamides is 1. The standard InChI is InChI=1S/C19H21BrClN3O3S/c1-13-3-5-15(22-19(25)16-11-14(20)4-6-17(16)21)12-18(13)28(26,27)24-9-7-23(2)8-10-24/h3-6,11-12H,7-10H2,1-2H3,(H,22,25). The van der Waals surface area contributed by atoms with Gasteiger partial charge in [-0.25, -0.2) is 8.42 Å². The van der Waals surface area contributed by atoms with Crippen LogP contribution >= 0.6 is 27.5 Å². The molecule has 0 aliphatic carbocycles. The molecule has 1 N–H and O–H groups in total. The van der Waals surface area contributed by atoms with Gasteiger partial charge < -0.3 is 10.2 Å². The van der Waals surface area contributed by atoms with Crippen molar-refractivity contribution >= 4 is 49.1 Å². The quantitative estimate of drug-likeness (QED) is 0.717. The number of nitrogens with zero attached hydrogens (tertiary/aromatic N) is 2. The fourth-order valence-electron chi connectivity index (χ4n) is 2.99. The minimum absolute atomic E-state index is 0.204. The first-order valence-corrected chi connectivity index (χ1v) is 11.4. The highest BCUT2D eigenvalue weighted by molar-refractivity contribution is 9.10. The summed E-state index contributed by atoms with van der Waals surface area (Å²) in [5, 5.41) is 3.06. The summed E-state index contributed by atoms with van der Waals surface area (Å²) in [5.74, 6) is -0.405. The van der Waals surface area contributed by atoms with E-state index in [2.05, 4.69) is 26.1 Å². The van der Waals surface area contributed by atoms with Crippen LogP contribution in [0.5, 0.6) is 0 Å². The third kappa shape index (κ3) is 4.58. The Labute approximate surface area is 178 Å². The molecule has 1 aliphatic heterocycles. The van der Waals surface area contributed by atoms with E-state index in [1.807, 2.05) is 7.05 Å². The molecule has 1 aliphatic rings. The van der Waals surface area contributed by atoms with E-state index >= 15 is 0 Å². The second-order valence-electron chi connectivity index (χ2n) is 6.77. The molecule has 1 amide bonds. The number of halogens is 2. The van der Waals surface area contributed by atoms with Crippen LogP contribution in [0.15, 0.2) is 45.8 Å². The average Bonchev–Trinajstić information content (AvgIpc) is 2.65. The van der Waals surface area contributed by atoms with E-state index in [1.54, 1.807) is 37.3 Å². The van der Waals surface area contributed by atoms with Crippen LogP contribution < -0.4 is 5.32 Å². The molecule has 0 radical (unpaired) electrons. The first-order valence-electron chi connectivity index (χ1n) is 8.74. The van der Waals surface area contributed by atoms with Crippen LogP contribution in [0.4, 0.5) is 5.69 Å². The van der Waals surface area contributed by atoms with Gasteiger partial charge in [0.2, 0.25) is 10.0 Å². The van der Waals surface area contributed by atoms with E-state index in [4.69, 9.17) is 11.6 Å². The maximum absolute atomic E-state index is 13.1. The molecule has 2 aromatic carbocycles.